The zero-order chi connectivity index (χ0) is 13.9. The highest BCUT2D eigenvalue weighted by Crippen LogP contribution is 2.26. The van der Waals surface area contributed by atoms with Crippen molar-refractivity contribution in [1.29, 1.82) is 0 Å². The van der Waals surface area contributed by atoms with Crippen molar-refractivity contribution in [2.24, 2.45) is 5.41 Å². The van der Waals surface area contributed by atoms with Gasteiger partial charge in [-0.1, -0.05) is 13.8 Å². The van der Waals surface area contributed by atoms with Crippen LogP contribution in [0.5, 0.6) is 0 Å². The Balaban J connectivity index is 2.24. The molecule has 0 aliphatic carbocycles. The fourth-order valence-corrected chi connectivity index (χ4v) is 2.24. The molecule has 5 nitrogen and oxygen atoms in total. The lowest BCUT2D eigenvalue weighted by atomic mass is 9.83. The van der Waals surface area contributed by atoms with Crippen molar-refractivity contribution in [3.05, 3.63) is 24.0 Å². The van der Waals surface area contributed by atoms with Crippen LogP contribution in [0.3, 0.4) is 0 Å². The second kappa shape index (κ2) is 5.57. The molecule has 5 heteroatoms. The van der Waals surface area contributed by atoms with Crippen LogP contribution in [0, 0.1) is 12.3 Å². The zero-order valence-corrected chi connectivity index (χ0v) is 11.8. The molecule has 0 aliphatic rings. The number of aromatic nitrogens is 3. The van der Waals surface area contributed by atoms with Gasteiger partial charge < -0.3 is 10.4 Å². The van der Waals surface area contributed by atoms with E-state index in [2.05, 4.69) is 35.3 Å². The van der Waals surface area contributed by atoms with Crippen LogP contribution in [0.2, 0.25) is 0 Å². The molecule has 104 valence electrons. The standard InChI is InChI=1S/C14H22N4O/c1-4-14(5-2,9-19)8-15-12-6-11(3)7-13-16-10-17-18(12)13/h6-7,10,15,19H,4-5,8-9H2,1-3H3. The van der Waals surface area contributed by atoms with Crippen LogP contribution in [-0.2, 0) is 0 Å². The fourth-order valence-electron chi connectivity index (χ4n) is 2.24. The van der Waals surface area contributed by atoms with E-state index in [-0.39, 0.29) is 12.0 Å². The predicted octanol–water partition coefficient (Wildman–Crippen LogP) is 2.25. The minimum Gasteiger partial charge on any atom is -0.396 e. The Hall–Kier alpha value is -1.62. The molecule has 19 heavy (non-hydrogen) atoms. The van der Waals surface area contributed by atoms with Crippen molar-refractivity contribution < 1.29 is 5.11 Å². The monoisotopic (exact) mass is 262 g/mol. The van der Waals surface area contributed by atoms with E-state index in [1.807, 2.05) is 13.0 Å². The van der Waals surface area contributed by atoms with Crippen LogP contribution in [0.15, 0.2) is 18.5 Å². The Morgan fingerprint density at radius 2 is 2.05 bits per heavy atom. The third-order valence-corrected chi connectivity index (χ3v) is 4.00. The minimum absolute atomic E-state index is 0.0728. The zero-order valence-electron chi connectivity index (χ0n) is 11.8. The van der Waals surface area contributed by atoms with E-state index in [0.717, 1.165) is 36.4 Å². The third kappa shape index (κ3) is 2.71. The van der Waals surface area contributed by atoms with E-state index < -0.39 is 0 Å². The van der Waals surface area contributed by atoms with Gasteiger partial charge in [0.2, 0.25) is 0 Å². The van der Waals surface area contributed by atoms with Crippen LogP contribution in [0.1, 0.15) is 32.3 Å². The van der Waals surface area contributed by atoms with Gasteiger partial charge in [0.15, 0.2) is 5.65 Å². The summed E-state index contributed by atoms with van der Waals surface area (Å²) in [5.41, 5.74) is 1.91. The Morgan fingerprint density at radius 3 is 2.68 bits per heavy atom. The molecular formula is C14H22N4O. The highest BCUT2D eigenvalue weighted by atomic mass is 16.3. The Morgan fingerprint density at radius 1 is 1.32 bits per heavy atom. The first kappa shape index (κ1) is 13.8. The van der Waals surface area contributed by atoms with E-state index in [4.69, 9.17) is 0 Å². The molecule has 2 aromatic rings. The highest BCUT2D eigenvalue weighted by molar-refractivity contribution is 5.51. The first-order valence-corrected chi connectivity index (χ1v) is 6.79. The Bertz CT molecular complexity index is 537. The molecule has 0 spiro atoms. The van der Waals surface area contributed by atoms with Crippen molar-refractivity contribution in [2.75, 3.05) is 18.5 Å². The first-order valence-electron chi connectivity index (χ1n) is 6.79. The van der Waals surface area contributed by atoms with Gasteiger partial charge in [-0.25, -0.2) is 4.98 Å². The molecule has 0 atom stereocenters. The van der Waals surface area contributed by atoms with Gasteiger partial charge in [0, 0.05) is 12.0 Å². The first-order chi connectivity index (χ1) is 9.14. The summed E-state index contributed by atoms with van der Waals surface area (Å²) < 4.78 is 1.79. The molecule has 0 saturated heterocycles. The number of hydrogen-bond acceptors (Lipinski definition) is 4. The largest absolute Gasteiger partial charge is 0.396 e. The quantitative estimate of drug-likeness (QED) is 0.838. The topological polar surface area (TPSA) is 62.5 Å². The molecule has 0 aromatic carbocycles. The number of fused-ring (bicyclic) bond motifs is 1. The molecule has 0 amide bonds. The number of anilines is 1. The normalized spacial score (nSPS) is 12.0. The highest BCUT2D eigenvalue weighted by Gasteiger charge is 2.25. The van der Waals surface area contributed by atoms with Gasteiger partial charge in [-0.2, -0.15) is 9.61 Å². The second-order valence-electron chi connectivity index (χ2n) is 5.17. The van der Waals surface area contributed by atoms with Gasteiger partial charge in [0.05, 0.1) is 6.61 Å². The van der Waals surface area contributed by atoms with Crippen LogP contribution in [-0.4, -0.2) is 32.9 Å². The number of aliphatic hydroxyl groups is 1. The molecule has 0 aliphatic heterocycles. The number of aryl methyl sites for hydroxylation is 1. The Labute approximate surface area is 113 Å². The predicted molar refractivity (Wildman–Crippen MR) is 76.3 cm³/mol. The molecule has 0 saturated carbocycles. The summed E-state index contributed by atoms with van der Waals surface area (Å²) in [4.78, 5) is 4.21. The number of hydrogen-bond donors (Lipinski definition) is 2. The van der Waals surface area contributed by atoms with Crippen LogP contribution >= 0.6 is 0 Å². The summed E-state index contributed by atoms with van der Waals surface area (Å²) in [6.45, 7) is 7.19. The molecule has 0 fully saturated rings. The van der Waals surface area contributed by atoms with Gasteiger partial charge >= 0.3 is 0 Å². The molecule has 2 aromatic heterocycles. The SMILES string of the molecule is CCC(CC)(CO)CNc1cc(C)cc2ncnn12. The summed E-state index contributed by atoms with van der Waals surface area (Å²) in [5, 5.41) is 17.2. The summed E-state index contributed by atoms with van der Waals surface area (Å²) >= 11 is 0. The molecule has 0 radical (unpaired) electrons. The van der Waals surface area contributed by atoms with Crippen molar-refractivity contribution in [3.63, 3.8) is 0 Å². The third-order valence-electron chi connectivity index (χ3n) is 4.00. The van der Waals surface area contributed by atoms with Gasteiger partial charge in [-0.05, 0) is 37.5 Å². The van der Waals surface area contributed by atoms with Gasteiger partial charge in [0.1, 0.15) is 12.1 Å². The smallest absolute Gasteiger partial charge is 0.157 e. The van der Waals surface area contributed by atoms with Gasteiger partial charge in [0.25, 0.3) is 0 Å². The average Bonchev–Trinajstić information content (AvgIpc) is 2.88. The second-order valence-corrected chi connectivity index (χ2v) is 5.17. The number of rotatable bonds is 6. The van der Waals surface area contributed by atoms with Crippen LogP contribution < -0.4 is 5.32 Å². The maximum atomic E-state index is 9.61. The average molecular weight is 262 g/mol. The maximum Gasteiger partial charge on any atom is 0.157 e. The lowest BCUT2D eigenvalue weighted by Gasteiger charge is -2.30. The van der Waals surface area contributed by atoms with E-state index in [1.165, 1.54) is 0 Å². The maximum absolute atomic E-state index is 9.61. The lowest BCUT2D eigenvalue weighted by Crippen LogP contribution is -2.32. The number of nitrogens with one attached hydrogen (secondary N) is 1. The molecular weight excluding hydrogens is 240 g/mol. The van der Waals surface area contributed by atoms with E-state index in [1.54, 1.807) is 10.8 Å². The van der Waals surface area contributed by atoms with E-state index in [0.29, 0.717) is 0 Å². The summed E-state index contributed by atoms with van der Waals surface area (Å²) in [6.07, 6.45) is 3.44. The lowest BCUT2D eigenvalue weighted by molar-refractivity contribution is 0.127. The fraction of sp³-hybridized carbons (Fsp3) is 0.571. The van der Waals surface area contributed by atoms with Gasteiger partial charge in [-0.3, -0.25) is 0 Å². The molecule has 0 bridgehead atoms. The van der Waals surface area contributed by atoms with E-state index in [9.17, 15) is 5.11 Å². The van der Waals surface area contributed by atoms with Crippen molar-refractivity contribution in [2.45, 2.75) is 33.6 Å². The number of nitrogens with zero attached hydrogens (tertiary/aromatic N) is 3. The minimum atomic E-state index is -0.0728. The van der Waals surface area contributed by atoms with Crippen LogP contribution in [0.25, 0.3) is 5.65 Å². The van der Waals surface area contributed by atoms with Crippen molar-refractivity contribution in [1.82, 2.24) is 14.6 Å². The summed E-state index contributed by atoms with van der Waals surface area (Å²) in [5.74, 6) is 0.923. The Kier molecular flexibility index (Phi) is 4.04. The van der Waals surface area contributed by atoms with E-state index >= 15 is 0 Å². The van der Waals surface area contributed by atoms with Crippen molar-refractivity contribution in [3.8, 4) is 0 Å². The van der Waals surface area contributed by atoms with Crippen molar-refractivity contribution >= 4 is 11.5 Å². The van der Waals surface area contributed by atoms with Gasteiger partial charge in [-0.15, -0.1) is 0 Å². The molecule has 2 N–H and O–H groups in total. The summed E-state index contributed by atoms with van der Waals surface area (Å²) in [6, 6.07) is 4.05. The number of aliphatic hydroxyl groups excluding tert-OH is 1. The van der Waals surface area contributed by atoms with Crippen LogP contribution in [0.4, 0.5) is 5.82 Å². The molecule has 0 unspecified atom stereocenters. The number of pyridine rings is 1. The molecule has 2 rings (SSSR count). The molecule has 2 heterocycles. The summed E-state index contributed by atoms with van der Waals surface area (Å²) in [7, 11) is 0.